The van der Waals surface area contributed by atoms with Gasteiger partial charge in [-0.2, -0.15) is 0 Å². The monoisotopic (exact) mass is 384 g/mol. The Morgan fingerprint density at radius 2 is 1.82 bits per heavy atom. The Morgan fingerprint density at radius 1 is 1.11 bits per heavy atom. The second-order valence-electron chi connectivity index (χ2n) is 7.57. The molecule has 1 heterocycles. The first-order chi connectivity index (χ1) is 13.5. The molecule has 0 bridgehead atoms. The summed E-state index contributed by atoms with van der Waals surface area (Å²) in [4.78, 5) is 38.5. The number of carbonyl (C=O) groups is 3. The van der Waals surface area contributed by atoms with Gasteiger partial charge in [0.25, 0.3) is 5.91 Å². The summed E-state index contributed by atoms with van der Waals surface area (Å²) in [6, 6.07) is 9.45. The summed E-state index contributed by atoms with van der Waals surface area (Å²) in [7, 11) is 0. The number of esters is 1. The van der Waals surface area contributed by atoms with Crippen LogP contribution in [0.3, 0.4) is 0 Å². The fourth-order valence-corrected chi connectivity index (χ4v) is 4.27. The molecule has 6 heteroatoms. The topological polar surface area (TPSA) is 75.7 Å². The molecule has 0 aromatic heterocycles. The molecule has 0 spiro atoms. The number of piperidine rings is 1. The molecule has 28 heavy (non-hydrogen) atoms. The summed E-state index contributed by atoms with van der Waals surface area (Å²) in [5.41, 5.74) is 0.788. The van der Waals surface area contributed by atoms with Gasteiger partial charge >= 0.3 is 5.97 Å². The van der Waals surface area contributed by atoms with Crippen LogP contribution in [-0.2, 0) is 19.1 Å². The highest BCUT2D eigenvalue weighted by atomic mass is 16.5. The van der Waals surface area contributed by atoms with Crippen molar-refractivity contribution in [1.82, 2.24) is 10.2 Å². The molecule has 1 saturated heterocycles. The maximum absolute atomic E-state index is 12.7. The predicted molar refractivity (Wildman–Crippen MR) is 106 cm³/mol. The van der Waals surface area contributed by atoms with Crippen LogP contribution >= 0.6 is 0 Å². The number of nitrogens with one attached hydrogen (secondary N) is 1. The zero-order valence-corrected chi connectivity index (χ0v) is 16.4. The lowest BCUT2D eigenvalue weighted by molar-refractivity contribution is -0.152. The quantitative estimate of drug-likeness (QED) is 0.626. The number of hydrogen-bond acceptors (Lipinski definition) is 4. The summed E-state index contributed by atoms with van der Waals surface area (Å²) in [6.45, 7) is 1.76. The molecule has 0 radical (unpaired) electrons. The minimum Gasteiger partial charge on any atom is -0.451 e. The predicted octanol–water partition coefficient (Wildman–Crippen LogP) is 2.89. The lowest BCUT2D eigenvalue weighted by Crippen LogP contribution is -2.51. The third kappa shape index (κ3) is 5.21. The van der Waals surface area contributed by atoms with E-state index in [4.69, 9.17) is 4.74 Å². The van der Waals surface area contributed by atoms with E-state index in [0.717, 1.165) is 31.4 Å². The molecule has 150 valence electrons. The molecule has 1 aliphatic carbocycles. The lowest BCUT2D eigenvalue weighted by Gasteiger charge is -2.44. The maximum atomic E-state index is 12.7. The molecule has 3 rings (SSSR count). The minimum atomic E-state index is -0.704. The molecular weight excluding hydrogens is 356 g/mol. The van der Waals surface area contributed by atoms with Gasteiger partial charge in [0, 0.05) is 19.5 Å². The van der Waals surface area contributed by atoms with Gasteiger partial charge in [-0.3, -0.25) is 9.59 Å². The summed E-state index contributed by atoms with van der Waals surface area (Å²) in [5, 5.41) is 2.50. The van der Waals surface area contributed by atoms with Crippen LogP contribution in [0.25, 0.3) is 6.08 Å². The minimum absolute atomic E-state index is 0.0284. The van der Waals surface area contributed by atoms with Crippen LogP contribution in [0.2, 0.25) is 0 Å². The third-order valence-electron chi connectivity index (χ3n) is 5.53. The van der Waals surface area contributed by atoms with E-state index in [2.05, 4.69) is 5.32 Å². The van der Waals surface area contributed by atoms with Crippen LogP contribution < -0.4 is 5.32 Å². The summed E-state index contributed by atoms with van der Waals surface area (Å²) < 4.78 is 5.26. The van der Waals surface area contributed by atoms with Gasteiger partial charge in [-0.1, -0.05) is 43.2 Å². The van der Waals surface area contributed by atoms with Gasteiger partial charge in [-0.05, 0) is 43.2 Å². The Bertz CT molecular complexity index is 742. The Kier molecular flexibility index (Phi) is 6.85. The highest BCUT2D eigenvalue weighted by Crippen LogP contribution is 2.35. The van der Waals surface area contributed by atoms with Gasteiger partial charge in [0.1, 0.15) is 5.70 Å². The molecule has 2 aliphatic rings. The highest BCUT2D eigenvalue weighted by molar-refractivity contribution is 5.98. The van der Waals surface area contributed by atoms with Crippen LogP contribution in [0.5, 0.6) is 0 Å². The Morgan fingerprint density at radius 3 is 2.57 bits per heavy atom. The number of amides is 2. The van der Waals surface area contributed by atoms with Crippen LogP contribution in [0.4, 0.5) is 0 Å². The fraction of sp³-hybridized carbons (Fsp3) is 0.500. The molecule has 1 N–H and O–H groups in total. The zero-order valence-electron chi connectivity index (χ0n) is 16.4. The van der Waals surface area contributed by atoms with E-state index in [1.54, 1.807) is 6.08 Å². The van der Waals surface area contributed by atoms with Crippen molar-refractivity contribution >= 4 is 23.9 Å². The van der Waals surface area contributed by atoms with Gasteiger partial charge in [0.2, 0.25) is 5.91 Å². The second-order valence-corrected chi connectivity index (χ2v) is 7.57. The first-order valence-corrected chi connectivity index (χ1v) is 10.1. The fourth-order valence-electron chi connectivity index (χ4n) is 4.27. The largest absolute Gasteiger partial charge is 0.451 e. The molecule has 0 unspecified atom stereocenters. The Labute approximate surface area is 165 Å². The molecule has 6 nitrogen and oxygen atoms in total. The number of rotatable bonds is 5. The average Bonchev–Trinajstić information content (AvgIpc) is 2.71. The van der Waals surface area contributed by atoms with Gasteiger partial charge in [-0.15, -0.1) is 0 Å². The van der Waals surface area contributed by atoms with E-state index in [1.807, 2.05) is 35.2 Å². The molecular formula is C22H28N2O4. The molecule has 2 atom stereocenters. The van der Waals surface area contributed by atoms with Gasteiger partial charge in [-0.25, -0.2) is 4.79 Å². The van der Waals surface area contributed by atoms with Gasteiger partial charge in [0.15, 0.2) is 6.61 Å². The van der Waals surface area contributed by atoms with Crippen LogP contribution in [0.1, 0.15) is 51.0 Å². The van der Waals surface area contributed by atoms with Crippen molar-refractivity contribution in [1.29, 1.82) is 0 Å². The van der Waals surface area contributed by atoms with Crippen molar-refractivity contribution < 1.29 is 19.1 Å². The van der Waals surface area contributed by atoms with Crippen molar-refractivity contribution in [3.63, 3.8) is 0 Å². The SMILES string of the molecule is CC(=O)N/C(=C\c1ccccc1)C(=O)OCC(=O)N1CCC[C@@H]2CCCC[C@H]21. The summed E-state index contributed by atoms with van der Waals surface area (Å²) in [6.07, 6.45) is 8.34. The van der Waals surface area contributed by atoms with E-state index < -0.39 is 5.97 Å². The number of benzene rings is 1. The van der Waals surface area contributed by atoms with Crippen molar-refractivity contribution in [3.05, 3.63) is 41.6 Å². The van der Waals surface area contributed by atoms with E-state index in [1.165, 1.54) is 26.2 Å². The number of ether oxygens (including phenoxy) is 1. The van der Waals surface area contributed by atoms with Crippen molar-refractivity contribution in [2.24, 2.45) is 5.92 Å². The van der Waals surface area contributed by atoms with Crippen molar-refractivity contribution in [2.45, 2.75) is 51.5 Å². The third-order valence-corrected chi connectivity index (χ3v) is 5.53. The van der Waals surface area contributed by atoms with E-state index >= 15 is 0 Å². The molecule has 1 aromatic carbocycles. The van der Waals surface area contributed by atoms with Crippen molar-refractivity contribution in [2.75, 3.05) is 13.2 Å². The van der Waals surface area contributed by atoms with Crippen LogP contribution in [0.15, 0.2) is 36.0 Å². The lowest BCUT2D eigenvalue weighted by atomic mass is 9.78. The molecule has 1 saturated carbocycles. The van der Waals surface area contributed by atoms with Crippen LogP contribution in [-0.4, -0.2) is 41.9 Å². The van der Waals surface area contributed by atoms with Crippen molar-refractivity contribution in [3.8, 4) is 0 Å². The maximum Gasteiger partial charge on any atom is 0.355 e. The summed E-state index contributed by atoms with van der Waals surface area (Å²) in [5.74, 6) is -0.641. The molecule has 2 amide bonds. The Hall–Kier alpha value is -2.63. The first-order valence-electron chi connectivity index (χ1n) is 10.1. The van der Waals surface area contributed by atoms with Gasteiger partial charge in [0.05, 0.1) is 0 Å². The molecule has 1 aliphatic heterocycles. The first kappa shape index (κ1) is 20.1. The Balaban J connectivity index is 1.62. The summed E-state index contributed by atoms with van der Waals surface area (Å²) >= 11 is 0. The van der Waals surface area contributed by atoms with E-state index in [-0.39, 0.29) is 30.2 Å². The number of carbonyl (C=O) groups excluding carboxylic acids is 3. The standard InChI is InChI=1S/C22H28N2O4/c1-16(25)23-19(14-17-8-3-2-4-9-17)22(27)28-15-21(26)24-13-7-11-18-10-5-6-12-20(18)24/h2-4,8-9,14,18,20H,5-7,10-13,15H2,1H3,(H,23,25)/b19-14-/t18-,20+/m0/s1. The smallest absolute Gasteiger partial charge is 0.355 e. The van der Waals surface area contributed by atoms with E-state index in [9.17, 15) is 14.4 Å². The highest BCUT2D eigenvalue weighted by Gasteiger charge is 2.35. The normalized spacial score (nSPS) is 22.2. The van der Waals surface area contributed by atoms with Gasteiger partial charge < -0.3 is 15.0 Å². The molecule has 2 fully saturated rings. The van der Waals surface area contributed by atoms with E-state index in [0.29, 0.717) is 5.92 Å². The number of fused-ring (bicyclic) bond motifs is 1. The average molecular weight is 384 g/mol. The number of nitrogens with zero attached hydrogens (tertiary/aromatic N) is 1. The second kappa shape index (κ2) is 9.53. The number of hydrogen-bond donors (Lipinski definition) is 1. The van der Waals surface area contributed by atoms with Crippen LogP contribution in [0, 0.1) is 5.92 Å². The zero-order chi connectivity index (χ0) is 19.9. The number of likely N-dealkylation sites (tertiary alicyclic amines) is 1. The molecule has 1 aromatic rings.